The summed E-state index contributed by atoms with van der Waals surface area (Å²) in [5.74, 6) is 2.80. The van der Waals surface area contributed by atoms with Gasteiger partial charge in [-0.1, -0.05) is 37.6 Å². The molecule has 3 rings (SSSR count). The standard InChI is InChI=1S/C14H20/c1-3-10-5-6-12-13(10)11-7-8-14(12,4-2)9-11/h5,7-8,11-13H,3-4,6,9H2,1-2H3/t11-,12-,13+,14-/m0/s1. The van der Waals surface area contributed by atoms with Gasteiger partial charge in [-0.25, -0.2) is 0 Å². The van der Waals surface area contributed by atoms with Gasteiger partial charge in [0.1, 0.15) is 0 Å². The highest BCUT2D eigenvalue weighted by molar-refractivity contribution is 5.32. The Labute approximate surface area is 87.1 Å². The molecule has 3 aliphatic carbocycles. The topological polar surface area (TPSA) is 0 Å². The molecule has 0 saturated heterocycles. The van der Waals surface area contributed by atoms with E-state index in [4.69, 9.17) is 0 Å². The second kappa shape index (κ2) is 2.74. The molecule has 1 fully saturated rings. The zero-order valence-electron chi connectivity index (χ0n) is 9.29. The van der Waals surface area contributed by atoms with E-state index >= 15 is 0 Å². The van der Waals surface area contributed by atoms with E-state index in [-0.39, 0.29) is 0 Å². The Balaban J connectivity index is 1.97. The Hall–Kier alpha value is -0.520. The first-order chi connectivity index (χ1) is 6.80. The van der Waals surface area contributed by atoms with Crippen molar-refractivity contribution in [3.63, 3.8) is 0 Å². The first-order valence-corrected chi connectivity index (χ1v) is 6.19. The Morgan fingerprint density at radius 3 is 3.00 bits per heavy atom. The summed E-state index contributed by atoms with van der Waals surface area (Å²) in [6.45, 7) is 4.70. The molecule has 0 heteroatoms. The molecule has 0 aliphatic heterocycles. The number of allylic oxidation sites excluding steroid dienone is 4. The zero-order valence-corrected chi connectivity index (χ0v) is 9.29. The molecule has 0 nitrogen and oxygen atoms in total. The number of hydrogen-bond acceptors (Lipinski definition) is 0. The molecule has 0 aromatic rings. The maximum Gasteiger partial charge on any atom is -0.00778 e. The van der Waals surface area contributed by atoms with Crippen molar-refractivity contribution in [2.45, 2.75) is 39.5 Å². The van der Waals surface area contributed by atoms with Crippen LogP contribution < -0.4 is 0 Å². The molecule has 0 spiro atoms. The third-order valence-electron chi connectivity index (χ3n) is 5.05. The van der Waals surface area contributed by atoms with Gasteiger partial charge in [-0.2, -0.15) is 0 Å². The second-order valence-electron chi connectivity index (χ2n) is 5.31. The summed E-state index contributed by atoms with van der Waals surface area (Å²) in [6, 6.07) is 0. The van der Waals surface area contributed by atoms with Gasteiger partial charge in [-0.3, -0.25) is 0 Å². The van der Waals surface area contributed by atoms with Crippen molar-refractivity contribution in [1.82, 2.24) is 0 Å². The quantitative estimate of drug-likeness (QED) is 0.576. The van der Waals surface area contributed by atoms with Gasteiger partial charge in [0.25, 0.3) is 0 Å². The van der Waals surface area contributed by atoms with Crippen LogP contribution in [0, 0.1) is 23.2 Å². The van der Waals surface area contributed by atoms with Crippen molar-refractivity contribution >= 4 is 0 Å². The average Bonchev–Trinajstić information content (AvgIpc) is 2.88. The fraction of sp³-hybridized carbons (Fsp3) is 0.714. The van der Waals surface area contributed by atoms with Crippen molar-refractivity contribution in [1.29, 1.82) is 0 Å². The maximum absolute atomic E-state index is 2.55. The van der Waals surface area contributed by atoms with Gasteiger partial charge in [0.15, 0.2) is 0 Å². The highest BCUT2D eigenvalue weighted by Crippen LogP contribution is 2.63. The Morgan fingerprint density at radius 2 is 2.29 bits per heavy atom. The summed E-state index contributed by atoms with van der Waals surface area (Å²) < 4.78 is 0. The van der Waals surface area contributed by atoms with Gasteiger partial charge >= 0.3 is 0 Å². The Bertz CT molecular complexity index is 310. The van der Waals surface area contributed by atoms with Crippen LogP contribution >= 0.6 is 0 Å². The zero-order chi connectivity index (χ0) is 9.76. The van der Waals surface area contributed by atoms with Crippen LogP contribution in [0.4, 0.5) is 0 Å². The third kappa shape index (κ3) is 0.852. The van der Waals surface area contributed by atoms with Gasteiger partial charge in [0, 0.05) is 0 Å². The van der Waals surface area contributed by atoms with Crippen molar-refractivity contribution in [2.24, 2.45) is 23.2 Å². The van der Waals surface area contributed by atoms with Gasteiger partial charge in [-0.15, -0.1) is 0 Å². The number of hydrogen-bond donors (Lipinski definition) is 0. The van der Waals surface area contributed by atoms with Crippen LogP contribution in [-0.2, 0) is 0 Å². The molecule has 0 amide bonds. The van der Waals surface area contributed by atoms with Crippen LogP contribution in [0.3, 0.4) is 0 Å². The van der Waals surface area contributed by atoms with Crippen LogP contribution in [0.25, 0.3) is 0 Å². The maximum atomic E-state index is 2.55. The van der Waals surface area contributed by atoms with E-state index in [1.54, 1.807) is 5.57 Å². The summed E-state index contributed by atoms with van der Waals surface area (Å²) >= 11 is 0. The first kappa shape index (κ1) is 8.76. The molecule has 0 aromatic heterocycles. The predicted molar refractivity (Wildman–Crippen MR) is 59.9 cm³/mol. The Kier molecular flexibility index (Phi) is 1.72. The molecule has 0 radical (unpaired) electrons. The van der Waals surface area contributed by atoms with Crippen molar-refractivity contribution < 1.29 is 0 Å². The van der Waals surface area contributed by atoms with E-state index in [2.05, 4.69) is 32.1 Å². The number of rotatable bonds is 2. The molecular weight excluding hydrogens is 168 g/mol. The smallest absolute Gasteiger partial charge is 0.00778 e. The normalized spacial score (nSPS) is 48.4. The van der Waals surface area contributed by atoms with Crippen molar-refractivity contribution in [3.05, 3.63) is 23.8 Å². The molecule has 76 valence electrons. The monoisotopic (exact) mass is 188 g/mol. The van der Waals surface area contributed by atoms with Crippen LogP contribution in [0.15, 0.2) is 23.8 Å². The van der Waals surface area contributed by atoms with E-state index in [0.29, 0.717) is 5.41 Å². The van der Waals surface area contributed by atoms with E-state index in [0.717, 1.165) is 17.8 Å². The fourth-order valence-corrected chi connectivity index (χ4v) is 4.30. The molecule has 0 N–H and O–H groups in total. The van der Waals surface area contributed by atoms with Crippen LogP contribution in [0.2, 0.25) is 0 Å². The molecule has 14 heavy (non-hydrogen) atoms. The lowest BCUT2D eigenvalue weighted by Crippen LogP contribution is -2.25. The summed E-state index contributed by atoms with van der Waals surface area (Å²) in [6.07, 6.45) is 13.1. The molecule has 3 aliphatic rings. The Morgan fingerprint density at radius 1 is 1.43 bits per heavy atom. The van der Waals surface area contributed by atoms with E-state index in [1.807, 2.05) is 0 Å². The highest BCUT2D eigenvalue weighted by atomic mass is 14.6. The lowest BCUT2D eigenvalue weighted by molar-refractivity contribution is 0.246. The third-order valence-corrected chi connectivity index (χ3v) is 5.05. The summed E-state index contributed by atoms with van der Waals surface area (Å²) in [5.41, 5.74) is 2.36. The van der Waals surface area contributed by atoms with Crippen molar-refractivity contribution in [2.75, 3.05) is 0 Å². The minimum absolute atomic E-state index is 0.600. The lowest BCUT2D eigenvalue weighted by atomic mass is 9.72. The van der Waals surface area contributed by atoms with E-state index in [9.17, 15) is 0 Å². The molecular formula is C14H20. The minimum atomic E-state index is 0.600. The summed E-state index contributed by atoms with van der Waals surface area (Å²) in [7, 11) is 0. The predicted octanol–water partition coefficient (Wildman–Crippen LogP) is 3.95. The van der Waals surface area contributed by atoms with Gasteiger partial charge in [0.2, 0.25) is 0 Å². The first-order valence-electron chi connectivity index (χ1n) is 6.19. The van der Waals surface area contributed by atoms with E-state index in [1.165, 1.54) is 25.7 Å². The summed E-state index contributed by atoms with van der Waals surface area (Å²) in [4.78, 5) is 0. The minimum Gasteiger partial charge on any atom is -0.0847 e. The summed E-state index contributed by atoms with van der Waals surface area (Å²) in [5, 5.41) is 0. The van der Waals surface area contributed by atoms with Crippen molar-refractivity contribution in [3.8, 4) is 0 Å². The molecule has 2 bridgehead atoms. The van der Waals surface area contributed by atoms with Gasteiger partial charge in [0.05, 0.1) is 0 Å². The van der Waals surface area contributed by atoms with E-state index < -0.39 is 0 Å². The average molecular weight is 188 g/mol. The van der Waals surface area contributed by atoms with Gasteiger partial charge in [-0.05, 0) is 48.9 Å². The molecule has 1 saturated carbocycles. The molecule has 0 unspecified atom stereocenters. The van der Waals surface area contributed by atoms with Crippen LogP contribution in [0.5, 0.6) is 0 Å². The lowest BCUT2D eigenvalue weighted by Gasteiger charge is -2.32. The second-order valence-corrected chi connectivity index (χ2v) is 5.31. The fourth-order valence-electron chi connectivity index (χ4n) is 4.30. The van der Waals surface area contributed by atoms with Gasteiger partial charge < -0.3 is 0 Å². The SMILES string of the molecule is CCC1=CC[C@H]2[C@H]1[C@H]1C=C[C@@]2(CC)C1. The van der Waals surface area contributed by atoms with Crippen LogP contribution in [-0.4, -0.2) is 0 Å². The molecule has 0 aromatic carbocycles. The molecule has 4 atom stereocenters. The molecule has 0 heterocycles. The largest absolute Gasteiger partial charge is 0.0847 e. The highest BCUT2D eigenvalue weighted by Gasteiger charge is 2.55. The number of fused-ring (bicyclic) bond motifs is 5. The van der Waals surface area contributed by atoms with Crippen LogP contribution in [0.1, 0.15) is 39.5 Å².